The summed E-state index contributed by atoms with van der Waals surface area (Å²) in [5.41, 5.74) is 1.99. The van der Waals surface area contributed by atoms with E-state index in [9.17, 15) is 5.11 Å². The summed E-state index contributed by atoms with van der Waals surface area (Å²) in [5, 5.41) is 10.0. The van der Waals surface area contributed by atoms with Crippen LogP contribution < -0.4 is 9.64 Å². The predicted molar refractivity (Wildman–Crippen MR) is 74.4 cm³/mol. The van der Waals surface area contributed by atoms with Crippen LogP contribution in [0, 0.1) is 0 Å². The molecule has 0 saturated heterocycles. The lowest BCUT2D eigenvalue weighted by Gasteiger charge is -2.30. The van der Waals surface area contributed by atoms with Gasteiger partial charge in [0.2, 0.25) is 0 Å². The van der Waals surface area contributed by atoms with Crippen LogP contribution in [0.15, 0.2) is 18.2 Å². The molecular formula is C15H23NO2. The molecule has 1 aromatic rings. The summed E-state index contributed by atoms with van der Waals surface area (Å²) < 4.78 is 5.28. The molecule has 18 heavy (non-hydrogen) atoms. The third kappa shape index (κ3) is 2.61. The standard InChI is InChI=1S/C15H23NO2/c1-5-16-12(10-15(2,3)17)8-11-9-13(18-4)6-7-14(11)16/h6-7,9,12,17H,5,8,10H2,1-4H3. The number of likely N-dealkylation sites (N-methyl/N-ethyl adjacent to an activating group) is 1. The molecule has 0 radical (unpaired) electrons. The number of fused-ring (bicyclic) bond motifs is 1. The van der Waals surface area contributed by atoms with Gasteiger partial charge in [0.1, 0.15) is 5.75 Å². The van der Waals surface area contributed by atoms with E-state index in [1.165, 1.54) is 11.3 Å². The molecule has 1 aliphatic heterocycles. The van der Waals surface area contributed by atoms with Gasteiger partial charge in [-0.15, -0.1) is 0 Å². The van der Waals surface area contributed by atoms with E-state index in [1.807, 2.05) is 19.9 Å². The molecule has 0 aromatic heterocycles. The van der Waals surface area contributed by atoms with E-state index >= 15 is 0 Å². The van der Waals surface area contributed by atoms with Crippen molar-refractivity contribution in [3.8, 4) is 5.75 Å². The van der Waals surface area contributed by atoms with E-state index in [0.717, 1.165) is 25.1 Å². The van der Waals surface area contributed by atoms with E-state index in [2.05, 4.69) is 24.0 Å². The number of ether oxygens (including phenoxy) is 1. The topological polar surface area (TPSA) is 32.7 Å². The first kappa shape index (κ1) is 13.2. The van der Waals surface area contributed by atoms with E-state index in [4.69, 9.17) is 4.74 Å². The van der Waals surface area contributed by atoms with Crippen LogP contribution in [0.4, 0.5) is 5.69 Å². The van der Waals surface area contributed by atoms with Gasteiger partial charge in [-0.2, -0.15) is 0 Å². The third-order valence-corrected chi connectivity index (χ3v) is 3.57. The molecule has 3 heteroatoms. The fraction of sp³-hybridized carbons (Fsp3) is 0.600. The molecule has 1 aromatic carbocycles. The highest BCUT2D eigenvalue weighted by Gasteiger charge is 2.32. The smallest absolute Gasteiger partial charge is 0.119 e. The van der Waals surface area contributed by atoms with Crippen LogP contribution in [0.3, 0.4) is 0 Å². The number of aliphatic hydroxyl groups is 1. The van der Waals surface area contributed by atoms with Crippen LogP contribution in [0.25, 0.3) is 0 Å². The molecule has 0 bridgehead atoms. The summed E-state index contributed by atoms with van der Waals surface area (Å²) in [6, 6.07) is 6.63. The molecule has 0 amide bonds. The molecule has 0 aliphatic carbocycles. The molecule has 1 unspecified atom stereocenters. The molecule has 3 nitrogen and oxygen atoms in total. The zero-order chi connectivity index (χ0) is 13.3. The average Bonchev–Trinajstić information content (AvgIpc) is 2.62. The van der Waals surface area contributed by atoms with Crippen molar-refractivity contribution in [2.45, 2.75) is 45.3 Å². The highest BCUT2D eigenvalue weighted by Crippen LogP contribution is 2.37. The summed E-state index contributed by atoms with van der Waals surface area (Å²) in [4.78, 5) is 2.38. The Bertz CT molecular complexity index is 423. The van der Waals surface area contributed by atoms with E-state index < -0.39 is 5.60 Å². The third-order valence-electron chi connectivity index (χ3n) is 3.57. The SMILES string of the molecule is CCN1c2ccc(OC)cc2CC1CC(C)(C)O. The van der Waals surface area contributed by atoms with E-state index in [-0.39, 0.29) is 0 Å². The Morgan fingerprint density at radius 3 is 2.72 bits per heavy atom. The summed E-state index contributed by atoms with van der Waals surface area (Å²) in [5.74, 6) is 0.911. The van der Waals surface area contributed by atoms with E-state index in [1.54, 1.807) is 7.11 Å². The van der Waals surface area contributed by atoms with Gasteiger partial charge < -0.3 is 14.7 Å². The maximum atomic E-state index is 10.0. The monoisotopic (exact) mass is 249 g/mol. The fourth-order valence-electron chi connectivity index (χ4n) is 2.88. The van der Waals surface area contributed by atoms with Crippen LogP contribution in [0.5, 0.6) is 5.75 Å². The molecule has 2 rings (SSSR count). The van der Waals surface area contributed by atoms with Gasteiger partial charge in [-0.05, 0) is 57.4 Å². The Morgan fingerprint density at radius 2 is 2.17 bits per heavy atom. The summed E-state index contributed by atoms with van der Waals surface area (Å²) >= 11 is 0. The van der Waals surface area contributed by atoms with Gasteiger partial charge in [0, 0.05) is 18.3 Å². The minimum absolute atomic E-state index is 0.386. The van der Waals surface area contributed by atoms with Gasteiger partial charge in [0.25, 0.3) is 0 Å². The maximum absolute atomic E-state index is 10.0. The van der Waals surface area contributed by atoms with Gasteiger partial charge in [0.15, 0.2) is 0 Å². The molecule has 0 spiro atoms. The van der Waals surface area contributed by atoms with Gasteiger partial charge in [-0.1, -0.05) is 0 Å². The predicted octanol–water partition coefficient (Wildman–Crippen LogP) is 2.61. The number of rotatable bonds is 4. The molecular weight excluding hydrogens is 226 g/mol. The summed E-state index contributed by atoms with van der Waals surface area (Å²) in [7, 11) is 1.70. The molecule has 0 saturated carbocycles. The van der Waals surface area contributed by atoms with Gasteiger partial charge in [-0.3, -0.25) is 0 Å². The minimum Gasteiger partial charge on any atom is -0.497 e. The van der Waals surface area contributed by atoms with Crippen LogP contribution in [0.1, 0.15) is 32.8 Å². The van der Waals surface area contributed by atoms with Crippen LogP contribution in [-0.2, 0) is 6.42 Å². The van der Waals surface area contributed by atoms with Gasteiger partial charge in [0.05, 0.1) is 12.7 Å². The van der Waals surface area contributed by atoms with Crippen LogP contribution >= 0.6 is 0 Å². The van der Waals surface area contributed by atoms with Crippen molar-refractivity contribution in [1.82, 2.24) is 0 Å². The van der Waals surface area contributed by atoms with Crippen molar-refractivity contribution >= 4 is 5.69 Å². The van der Waals surface area contributed by atoms with E-state index in [0.29, 0.717) is 6.04 Å². The number of hydrogen-bond donors (Lipinski definition) is 1. The van der Waals surface area contributed by atoms with Crippen LogP contribution in [0.2, 0.25) is 0 Å². The molecule has 1 aliphatic rings. The second-order valence-electron chi connectivity index (χ2n) is 5.66. The quantitative estimate of drug-likeness (QED) is 0.890. The number of nitrogens with zero attached hydrogens (tertiary/aromatic N) is 1. The van der Waals surface area contributed by atoms with Gasteiger partial charge >= 0.3 is 0 Å². The highest BCUT2D eigenvalue weighted by molar-refractivity contribution is 5.61. The molecule has 1 heterocycles. The Kier molecular flexibility index (Phi) is 3.53. The van der Waals surface area contributed by atoms with Crippen molar-refractivity contribution in [2.75, 3.05) is 18.6 Å². The number of anilines is 1. The fourth-order valence-corrected chi connectivity index (χ4v) is 2.88. The zero-order valence-electron chi connectivity index (χ0n) is 11.7. The van der Waals surface area contributed by atoms with Crippen molar-refractivity contribution in [3.63, 3.8) is 0 Å². The number of hydrogen-bond acceptors (Lipinski definition) is 3. The molecule has 1 N–H and O–H groups in total. The Hall–Kier alpha value is -1.22. The zero-order valence-corrected chi connectivity index (χ0v) is 11.7. The molecule has 1 atom stereocenters. The van der Waals surface area contributed by atoms with Crippen LogP contribution in [-0.4, -0.2) is 30.4 Å². The molecule has 100 valence electrons. The largest absolute Gasteiger partial charge is 0.497 e. The minimum atomic E-state index is -0.621. The Morgan fingerprint density at radius 1 is 1.44 bits per heavy atom. The average molecular weight is 249 g/mol. The lowest BCUT2D eigenvalue weighted by atomic mass is 9.96. The number of methoxy groups -OCH3 is 1. The first-order valence-electron chi connectivity index (χ1n) is 6.60. The van der Waals surface area contributed by atoms with Crippen molar-refractivity contribution in [3.05, 3.63) is 23.8 Å². The second-order valence-corrected chi connectivity index (χ2v) is 5.66. The lowest BCUT2D eigenvalue weighted by Crippen LogP contribution is -2.38. The highest BCUT2D eigenvalue weighted by atomic mass is 16.5. The maximum Gasteiger partial charge on any atom is 0.119 e. The summed E-state index contributed by atoms with van der Waals surface area (Å²) in [6.07, 6.45) is 1.78. The van der Waals surface area contributed by atoms with Crippen molar-refractivity contribution in [1.29, 1.82) is 0 Å². The number of benzene rings is 1. The van der Waals surface area contributed by atoms with Crippen molar-refractivity contribution < 1.29 is 9.84 Å². The lowest BCUT2D eigenvalue weighted by molar-refractivity contribution is 0.0636. The molecule has 0 fully saturated rings. The first-order valence-corrected chi connectivity index (χ1v) is 6.60. The Balaban J connectivity index is 2.25. The van der Waals surface area contributed by atoms with Crippen molar-refractivity contribution in [2.24, 2.45) is 0 Å². The summed E-state index contributed by atoms with van der Waals surface area (Å²) in [6.45, 7) is 6.89. The normalized spacial score (nSPS) is 18.9. The van der Waals surface area contributed by atoms with Gasteiger partial charge in [-0.25, -0.2) is 0 Å². The Labute approximate surface area is 109 Å². The second kappa shape index (κ2) is 4.81. The first-order chi connectivity index (χ1) is 8.44.